The molecule has 128 valence electrons. The van der Waals surface area contributed by atoms with Gasteiger partial charge in [-0.3, -0.25) is 4.79 Å². The number of rotatable bonds is 6. The van der Waals surface area contributed by atoms with E-state index in [1.807, 2.05) is 12.1 Å². The van der Waals surface area contributed by atoms with E-state index in [9.17, 15) is 4.79 Å². The number of hydrogen-bond acceptors (Lipinski definition) is 3. The Hall–Kier alpha value is -1.88. The van der Waals surface area contributed by atoms with Crippen molar-refractivity contribution < 1.29 is 4.79 Å². The zero-order chi connectivity index (χ0) is 16.5. The molecular weight excluding hydrogens is 300 g/mol. The summed E-state index contributed by atoms with van der Waals surface area (Å²) < 4.78 is 0. The molecule has 2 fully saturated rings. The van der Waals surface area contributed by atoms with E-state index in [0.29, 0.717) is 24.9 Å². The van der Waals surface area contributed by atoms with Crippen LogP contribution in [0.1, 0.15) is 43.5 Å². The van der Waals surface area contributed by atoms with E-state index in [1.54, 1.807) is 0 Å². The van der Waals surface area contributed by atoms with Crippen molar-refractivity contribution in [3.05, 3.63) is 29.6 Å². The van der Waals surface area contributed by atoms with Gasteiger partial charge in [0.2, 0.25) is 5.91 Å². The molecule has 2 aromatic rings. The number of nitrogens with one attached hydrogen (secondary N) is 2. The topological polar surface area (TPSA) is 61.0 Å². The summed E-state index contributed by atoms with van der Waals surface area (Å²) in [5.74, 6) is 1.20. The first kappa shape index (κ1) is 15.6. The third kappa shape index (κ3) is 3.31. The number of H-pyrrole nitrogens is 1. The van der Waals surface area contributed by atoms with Crippen molar-refractivity contribution in [2.45, 2.75) is 57.5 Å². The average molecular weight is 326 g/mol. The van der Waals surface area contributed by atoms with Gasteiger partial charge in [0.15, 0.2) is 0 Å². The lowest BCUT2D eigenvalue weighted by atomic mass is 10.2. The molecule has 5 nitrogen and oxygen atoms in total. The fourth-order valence-electron chi connectivity index (χ4n) is 3.70. The van der Waals surface area contributed by atoms with Crippen LogP contribution in [0.3, 0.4) is 0 Å². The number of carbonyl (C=O) groups excluding carboxylic acids is 1. The quantitative estimate of drug-likeness (QED) is 0.857. The van der Waals surface area contributed by atoms with Crippen molar-refractivity contribution >= 4 is 16.9 Å². The van der Waals surface area contributed by atoms with Gasteiger partial charge in [-0.1, -0.05) is 12.1 Å². The van der Waals surface area contributed by atoms with Gasteiger partial charge in [-0.25, -0.2) is 4.98 Å². The van der Waals surface area contributed by atoms with Crippen molar-refractivity contribution in [3.63, 3.8) is 0 Å². The zero-order valence-electron chi connectivity index (χ0n) is 14.3. The molecule has 2 N–H and O–H groups in total. The van der Waals surface area contributed by atoms with Crippen LogP contribution >= 0.6 is 0 Å². The molecule has 24 heavy (non-hydrogen) atoms. The number of aryl methyl sites for hydroxylation is 2. The lowest BCUT2D eigenvalue weighted by Gasteiger charge is -2.25. The molecule has 1 saturated carbocycles. The molecule has 0 spiro atoms. The molecule has 4 rings (SSSR count). The van der Waals surface area contributed by atoms with E-state index in [1.165, 1.54) is 31.2 Å². The van der Waals surface area contributed by atoms with Gasteiger partial charge in [0.05, 0.1) is 11.0 Å². The molecule has 1 amide bonds. The minimum Gasteiger partial charge on any atom is -0.342 e. The van der Waals surface area contributed by atoms with Gasteiger partial charge in [0, 0.05) is 31.5 Å². The van der Waals surface area contributed by atoms with Crippen LogP contribution in [-0.4, -0.2) is 45.9 Å². The number of nitrogens with zero attached hydrogens (tertiary/aromatic N) is 2. The molecule has 1 unspecified atom stereocenters. The SMILES string of the molecule is Cc1cccc2[nH]c(CCC(=O)N(CC3CCCN3)C3CC3)nc12. The third-order valence-corrected chi connectivity index (χ3v) is 5.23. The minimum atomic E-state index is 0.281. The second kappa shape index (κ2) is 6.55. The molecular formula is C19H26N4O. The van der Waals surface area contributed by atoms with Gasteiger partial charge in [-0.05, 0) is 50.8 Å². The summed E-state index contributed by atoms with van der Waals surface area (Å²) in [6.07, 6.45) is 6.00. The van der Waals surface area contributed by atoms with Gasteiger partial charge in [-0.2, -0.15) is 0 Å². The van der Waals surface area contributed by atoms with Crippen LogP contribution < -0.4 is 5.32 Å². The van der Waals surface area contributed by atoms with Crippen molar-refractivity contribution in [2.24, 2.45) is 0 Å². The second-order valence-electron chi connectivity index (χ2n) is 7.23. The summed E-state index contributed by atoms with van der Waals surface area (Å²) in [5.41, 5.74) is 3.26. The minimum absolute atomic E-state index is 0.281. The van der Waals surface area contributed by atoms with Gasteiger partial charge in [-0.15, -0.1) is 0 Å². The Morgan fingerprint density at radius 2 is 2.21 bits per heavy atom. The molecule has 2 heterocycles. The molecule has 1 aliphatic heterocycles. The molecule has 0 bridgehead atoms. The van der Waals surface area contributed by atoms with Gasteiger partial charge < -0.3 is 15.2 Å². The Bertz CT molecular complexity index is 728. The lowest BCUT2D eigenvalue weighted by Crippen LogP contribution is -2.42. The summed E-state index contributed by atoms with van der Waals surface area (Å²) in [6.45, 7) is 4.04. The maximum atomic E-state index is 12.7. The number of para-hydroxylation sites is 1. The van der Waals surface area contributed by atoms with E-state index in [0.717, 1.165) is 29.9 Å². The van der Waals surface area contributed by atoms with E-state index in [2.05, 4.69) is 33.2 Å². The summed E-state index contributed by atoms with van der Waals surface area (Å²) in [6, 6.07) is 7.12. The number of aromatic amines is 1. The first-order chi connectivity index (χ1) is 11.7. The standard InChI is InChI=1S/C19H26N4O/c1-13-4-2-6-16-19(13)22-17(21-16)9-10-18(24)23(15-7-8-15)12-14-5-3-11-20-14/h2,4,6,14-15,20H,3,5,7-12H2,1H3,(H,21,22). The third-order valence-electron chi connectivity index (χ3n) is 5.23. The van der Waals surface area contributed by atoms with Crippen LogP contribution in [0.25, 0.3) is 11.0 Å². The fourth-order valence-corrected chi connectivity index (χ4v) is 3.70. The molecule has 0 radical (unpaired) electrons. The molecule has 1 aromatic heterocycles. The van der Waals surface area contributed by atoms with Crippen molar-refractivity contribution in [2.75, 3.05) is 13.1 Å². The zero-order valence-corrected chi connectivity index (χ0v) is 14.3. The summed E-state index contributed by atoms with van der Waals surface area (Å²) in [4.78, 5) is 22.9. The highest BCUT2D eigenvalue weighted by atomic mass is 16.2. The lowest BCUT2D eigenvalue weighted by molar-refractivity contribution is -0.132. The molecule has 5 heteroatoms. The average Bonchev–Trinajstić information content (AvgIpc) is 3.11. The normalized spacial score (nSPS) is 20.6. The van der Waals surface area contributed by atoms with Crippen molar-refractivity contribution in [3.8, 4) is 0 Å². The van der Waals surface area contributed by atoms with Crippen LogP contribution in [0.15, 0.2) is 18.2 Å². The maximum absolute atomic E-state index is 12.7. The van der Waals surface area contributed by atoms with E-state index < -0.39 is 0 Å². The molecule has 1 atom stereocenters. The predicted octanol–water partition coefficient (Wildman–Crippen LogP) is 2.55. The highest BCUT2D eigenvalue weighted by molar-refractivity contribution is 5.79. The van der Waals surface area contributed by atoms with E-state index in [4.69, 9.17) is 0 Å². The number of aromatic nitrogens is 2. The van der Waals surface area contributed by atoms with Crippen LogP contribution in [0.4, 0.5) is 0 Å². The summed E-state index contributed by atoms with van der Waals surface area (Å²) in [7, 11) is 0. The molecule has 2 aliphatic rings. The number of carbonyl (C=O) groups is 1. The number of benzene rings is 1. The smallest absolute Gasteiger partial charge is 0.223 e. The Morgan fingerprint density at radius 1 is 1.33 bits per heavy atom. The number of fused-ring (bicyclic) bond motifs is 1. The Labute approximate surface area is 142 Å². The summed E-state index contributed by atoms with van der Waals surface area (Å²) >= 11 is 0. The van der Waals surface area contributed by atoms with Gasteiger partial charge in [0.1, 0.15) is 5.82 Å². The van der Waals surface area contributed by atoms with Crippen LogP contribution in [0.2, 0.25) is 0 Å². The van der Waals surface area contributed by atoms with Crippen LogP contribution in [-0.2, 0) is 11.2 Å². The molecule has 1 aliphatic carbocycles. The maximum Gasteiger partial charge on any atom is 0.223 e. The van der Waals surface area contributed by atoms with Crippen LogP contribution in [0, 0.1) is 6.92 Å². The summed E-state index contributed by atoms with van der Waals surface area (Å²) in [5, 5.41) is 3.51. The van der Waals surface area contributed by atoms with Gasteiger partial charge in [0.25, 0.3) is 0 Å². The van der Waals surface area contributed by atoms with Crippen molar-refractivity contribution in [1.29, 1.82) is 0 Å². The number of amides is 1. The second-order valence-corrected chi connectivity index (χ2v) is 7.23. The molecule has 1 saturated heterocycles. The fraction of sp³-hybridized carbons (Fsp3) is 0.579. The number of hydrogen-bond donors (Lipinski definition) is 2. The first-order valence-corrected chi connectivity index (χ1v) is 9.18. The van der Waals surface area contributed by atoms with Crippen LogP contribution in [0.5, 0.6) is 0 Å². The monoisotopic (exact) mass is 326 g/mol. The van der Waals surface area contributed by atoms with Gasteiger partial charge >= 0.3 is 0 Å². The largest absolute Gasteiger partial charge is 0.342 e. The van der Waals surface area contributed by atoms with E-state index in [-0.39, 0.29) is 5.91 Å². The predicted molar refractivity (Wildman–Crippen MR) is 94.9 cm³/mol. The Kier molecular flexibility index (Phi) is 4.27. The van der Waals surface area contributed by atoms with Crippen molar-refractivity contribution in [1.82, 2.24) is 20.2 Å². The van der Waals surface area contributed by atoms with E-state index >= 15 is 0 Å². The Balaban J connectivity index is 1.39. The number of imidazole rings is 1. The first-order valence-electron chi connectivity index (χ1n) is 9.18. The highest BCUT2D eigenvalue weighted by Crippen LogP contribution is 2.28. The highest BCUT2D eigenvalue weighted by Gasteiger charge is 2.34. The Morgan fingerprint density at radius 3 is 2.92 bits per heavy atom. The molecule has 1 aromatic carbocycles.